The van der Waals surface area contributed by atoms with E-state index in [1.54, 1.807) is 6.20 Å². The molecule has 1 aliphatic heterocycles. The van der Waals surface area contributed by atoms with Crippen LogP contribution in [-0.2, 0) is 4.79 Å². The van der Waals surface area contributed by atoms with Crippen molar-refractivity contribution in [3.05, 3.63) is 66.7 Å². The Kier molecular flexibility index (Phi) is 5.48. The van der Waals surface area contributed by atoms with Crippen molar-refractivity contribution in [1.82, 2.24) is 19.9 Å². The van der Waals surface area contributed by atoms with E-state index in [0.29, 0.717) is 6.54 Å². The molecule has 1 aliphatic rings. The van der Waals surface area contributed by atoms with E-state index >= 15 is 0 Å². The van der Waals surface area contributed by atoms with Gasteiger partial charge in [-0.05, 0) is 30.7 Å². The number of likely N-dealkylation sites (tertiary alicyclic amines) is 1. The van der Waals surface area contributed by atoms with Crippen molar-refractivity contribution in [1.29, 1.82) is 0 Å². The van der Waals surface area contributed by atoms with Gasteiger partial charge in [0.2, 0.25) is 5.91 Å². The van der Waals surface area contributed by atoms with Crippen LogP contribution >= 0.6 is 0 Å². The Bertz CT molecular complexity index is 1010. The number of rotatable bonds is 4. The SMILES string of the molecule is CC(C)(C)C(=O)N1CC[C@@H](c2nc(Nc3ccccc3)cc(-c3cccnc3)n2)C1. The number of nitrogens with one attached hydrogen (secondary N) is 1. The molecule has 1 fully saturated rings. The monoisotopic (exact) mass is 401 g/mol. The highest BCUT2D eigenvalue weighted by atomic mass is 16.2. The molecular weight excluding hydrogens is 374 g/mol. The highest BCUT2D eigenvalue weighted by molar-refractivity contribution is 5.81. The zero-order chi connectivity index (χ0) is 21.1. The highest BCUT2D eigenvalue weighted by Crippen LogP contribution is 2.31. The molecule has 1 amide bonds. The second kappa shape index (κ2) is 8.22. The van der Waals surface area contributed by atoms with Crippen LogP contribution in [0.2, 0.25) is 0 Å². The maximum atomic E-state index is 12.7. The average molecular weight is 402 g/mol. The van der Waals surface area contributed by atoms with Crippen molar-refractivity contribution >= 4 is 17.4 Å². The first kappa shape index (κ1) is 20.0. The number of anilines is 2. The third-order valence-corrected chi connectivity index (χ3v) is 5.23. The molecule has 154 valence electrons. The number of hydrogen-bond acceptors (Lipinski definition) is 5. The number of carbonyl (C=O) groups is 1. The predicted octanol–water partition coefficient (Wildman–Crippen LogP) is 4.64. The van der Waals surface area contributed by atoms with Crippen LogP contribution in [-0.4, -0.2) is 38.8 Å². The summed E-state index contributed by atoms with van der Waals surface area (Å²) in [5.74, 6) is 1.80. The van der Waals surface area contributed by atoms with Gasteiger partial charge in [-0.15, -0.1) is 0 Å². The summed E-state index contributed by atoms with van der Waals surface area (Å²) >= 11 is 0. The van der Waals surface area contributed by atoms with Gasteiger partial charge in [-0.2, -0.15) is 0 Å². The lowest BCUT2D eigenvalue weighted by atomic mass is 9.95. The van der Waals surface area contributed by atoms with Gasteiger partial charge in [0, 0.05) is 54.1 Å². The molecule has 0 aliphatic carbocycles. The Morgan fingerprint density at radius 3 is 2.60 bits per heavy atom. The largest absolute Gasteiger partial charge is 0.341 e. The summed E-state index contributed by atoms with van der Waals surface area (Å²) in [6, 6.07) is 15.8. The lowest BCUT2D eigenvalue weighted by Crippen LogP contribution is -2.37. The minimum Gasteiger partial charge on any atom is -0.341 e. The van der Waals surface area contributed by atoms with Gasteiger partial charge < -0.3 is 10.2 Å². The van der Waals surface area contributed by atoms with Gasteiger partial charge in [0.1, 0.15) is 11.6 Å². The van der Waals surface area contributed by atoms with Gasteiger partial charge in [0.05, 0.1) is 5.69 Å². The van der Waals surface area contributed by atoms with Gasteiger partial charge in [-0.1, -0.05) is 39.0 Å². The number of pyridine rings is 1. The molecule has 1 atom stereocenters. The van der Waals surface area contributed by atoms with Crippen molar-refractivity contribution in [3.8, 4) is 11.3 Å². The minimum atomic E-state index is -0.382. The number of benzene rings is 1. The first-order valence-electron chi connectivity index (χ1n) is 10.3. The molecule has 3 aromatic rings. The highest BCUT2D eigenvalue weighted by Gasteiger charge is 2.34. The Hall–Kier alpha value is -3.28. The molecule has 2 aromatic heterocycles. The van der Waals surface area contributed by atoms with E-state index in [1.807, 2.05) is 80.4 Å². The lowest BCUT2D eigenvalue weighted by Gasteiger charge is -2.25. The first-order chi connectivity index (χ1) is 14.4. The number of hydrogen-bond donors (Lipinski definition) is 1. The van der Waals surface area contributed by atoms with E-state index in [2.05, 4.69) is 10.3 Å². The van der Waals surface area contributed by atoms with Crippen LogP contribution in [0.1, 0.15) is 38.9 Å². The number of amides is 1. The molecule has 0 unspecified atom stereocenters. The zero-order valence-corrected chi connectivity index (χ0v) is 17.7. The normalized spacial score (nSPS) is 16.5. The fourth-order valence-electron chi connectivity index (χ4n) is 3.67. The summed E-state index contributed by atoms with van der Waals surface area (Å²) in [4.78, 5) is 28.5. The summed E-state index contributed by atoms with van der Waals surface area (Å²) in [6.07, 6.45) is 4.42. The summed E-state index contributed by atoms with van der Waals surface area (Å²) in [6.45, 7) is 7.28. The van der Waals surface area contributed by atoms with Crippen LogP contribution in [0.5, 0.6) is 0 Å². The molecule has 1 aromatic carbocycles. The van der Waals surface area contributed by atoms with Gasteiger partial charge in [-0.3, -0.25) is 9.78 Å². The molecule has 3 heterocycles. The molecule has 4 rings (SSSR count). The van der Waals surface area contributed by atoms with Crippen LogP contribution in [0.3, 0.4) is 0 Å². The van der Waals surface area contributed by atoms with Gasteiger partial charge >= 0.3 is 0 Å². The number of para-hydroxylation sites is 1. The van der Waals surface area contributed by atoms with Gasteiger partial charge in [-0.25, -0.2) is 9.97 Å². The Labute approximate surface area is 177 Å². The summed E-state index contributed by atoms with van der Waals surface area (Å²) < 4.78 is 0. The molecule has 0 radical (unpaired) electrons. The van der Waals surface area contributed by atoms with Crippen molar-refractivity contribution in [3.63, 3.8) is 0 Å². The molecule has 0 saturated carbocycles. The Morgan fingerprint density at radius 2 is 1.90 bits per heavy atom. The van der Waals surface area contributed by atoms with E-state index in [4.69, 9.17) is 9.97 Å². The van der Waals surface area contributed by atoms with E-state index in [-0.39, 0.29) is 17.2 Å². The van der Waals surface area contributed by atoms with Crippen molar-refractivity contribution in [2.24, 2.45) is 5.41 Å². The van der Waals surface area contributed by atoms with Crippen LogP contribution in [0, 0.1) is 5.41 Å². The summed E-state index contributed by atoms with van der Waals surface area (Å²) in [7, 11) is 0. The Balaban J connectivity index is 1.65. The molecule has 6 nitrogen and oxygen atoms in total. The first-order valence-corrected chi connectivity index (χ1v) is 10.3. The minimum absolute atomic E-state index is 0.115. The third kappa shape index (κ3) is 4.48. The fraction of sp³-hybridized carbons (Fsp3) is 0.333. The number of nitrogens with zero attached hydrogens (tertiary/aromatic N) is 4. The van der Waals surface area contributed by atoms with Crippen LogP contribution in [0.4, 0.5) is 11.5 Å². The van der Waals surface area contributed by atoms with Gasteiger partial charge in [0.25, 0.3) is 0 Å². The molecule has 1 N–H and O–H groups in total. The zero-order valence-electron chi connectivity index (χ0n) is 17.7. The molecule has 6 heteroatoms. The summed E-state index contributed by atoms with van der Waals surface area (Å²) in [5.41, 5.74) is 2.35. The van der Waals surface area contributed by atoms with Crippen molar-refractivity contribution in [2.75, 3.05) is 18.4 Å². The van der Waals surface area contributed by atoms with Crippen LogP contribution in [0.25, 0.3) is 11.3 Å². The second-order valence-corrected chi connectivity index (χ2v) is 8.72. The van der Waals surface area contributed by atoms with E-state index < -0.39 is 0 Å². The maximum Gasteiger partial charge on any atom is 0.227 e. The van der Waals surface area contributed by atoms with Crippen molar-refractivity contribution in [2.45, 2.75) is 33.1 Å². The third-order valence-electron chi connectivity index (χ3n) is 5.23. The fourth-order valence-corrected chi connectivity index (χ4v) is 3.67. The molecule has 1 saturated heterocycles. The van der Waals surface area contributed by atoms with Crippen molar-refractivity contribution < 1.29 is 4.79 Å². The molecule has 0 bridgehead atoms. The maximum absolute atomic E-state index is 12.7. The number of carbonyl (C=O) groups excluding carboxylic acids is 1. The average Bonchev–Trinajstić information content (AvgIpc) is 3.24. The standard InChI is InChI=1S/C24H27N5O/c1-24(2,3)23(30)29-13-11-18(16-29)22-27-20(17-8-7-12-25-15-17)14-21(28-22)26-19-9-5-4-6-10-19/h4-10,12,14-15,18H,11,13,16H2,1-3H3,(H,26,27,28)/t18-/m1/s1. The Morgan fingerprint density at radius 1 is 1.10 bits per heavy atom. The number of aromatic nitrogens is 3. The van der Waals surface area contributed by atoms with E-state index in [1.165, 1.54) is 0 Å². The van der Waals surface area contributed by atoms with Crippen LogP contribution in [0.15, 0.2) is 60.9 Å². The molecule has 30 heavy (non-hydrogen) atoms. The van der Waals surface area contributed by atoms with Crippen LogP contribution < -0.4 is 5.32 Å². The second-order valence-electron chi connectivity index (χ2n) is 8.72. The smallest absolute Gasteiger partial charge is 0.227 e. The predicted molar refractivity (Wildman–Crippen MR) is 118 cm³/mol. The van der Waals surface area contributed by atoms with E-state index in [0.717, 1.165) is 41.6 Å². The quantitative estimate of drug-likeness (QED) is 0.689. The van der Waals surface area contributed by atoms with Gasteiger partial charge in [0.15, 0.2) is 0 Å². The summed E-state index contributed by atoms with van der Waals surface area (Å²) in [5, 5.41) is 3.38. The molecule has 0 spiro atoms. The topological polar surface area (TPSA) is 71.0 Å². The van der Waals surface area contributed by atoms with E-state index in [9.17, 15) is 4.79 Å². The molecular formula is C24H27N5O. The lowest BCUT2D eigenvalue weighted by molar-refractivity contribution is -0.138.